The Bertz CT molecular complexity index is 273. The highest BCUT2D eigenvalue weighted by molar-refractivity contribution is 5.71. The first-order valence-corrected chi connectivity index (χ1v) is 4.17. The Kier molecular flexibility index (Phi) is 3.25. The number of aromatic nitrogens is 1. The topological polar surface area (TPSA) is 59.2 Å². The lowest BCUT2D eigenvalue weighted by molar-refractivity contribution is 0.208. The standard InChI is InChI=1S/C9H13N3O/c1-2-12(9(10)13)7-8-3-5-11-6-4-8/h3-6H,2,7H2,1H3,(H2,10,13). The minimum absolute atomic E-state index is 0.390. The molecule has 0 fully saturated rings. The Balaban J connectivity index is 2.62. The molecular weight excluding hydrogens is 166 g/mol. The molecule has 0 aliphatic rings. The van der Waals surface area contributed by atoms with Gasteiger partial charge in [-0.25, -0.2) is 4.79 Å². The number of rotatable bonds is 3. The fraction of sp³-hybridized carbons (Fsp3) is 0.333. The van der Waals surface area contributed by atoms with E-state index in [-0.39, 0.29) is 6.03 Å². The van der Waals surface area contributed by atoms with Crippen LogP contribution in [0.2, 0.25) is 0 Å². The van der Waals surface area contributed by atoms with Crippen LogP contribution in [0.25, 0.3) is 0 Å². The smallest absolute Gasteiger partial charge is 0.315 e. The average Bonchev–Trinajstić information content (AvgIpc) is 2.15. The van der Waals surface area contributed by atoms with Gasteiger partial charge in [-0.15, -0.1) is 0 Å². The number of hydrogen-bond acceptors (Lipinski definition) is 2. The molecule has 0 aliphatic carbocycles. The van der Waals surface area contributed by atoms with Crippen molar-refractivity contribution in [1.29, 1.82) is 0 Å². The summed E-state index contributed by atoms with van der Waals surface area (Å²) in [6, 6.07) is 3.34. The van der Waals surface area contributed by atoms with E-state index in [4.69, 9.17) is 5.73 Å². The summed E-state index contributed by atoms with van der Waals surface area (Å²) in [6.45, 7) is 3.07. The van der Waals surface area contributed by atoms with Gasteiger partial charge in [0.1, 0.15) is 0 Å². The predicted molar refractivity (Wildman–Crippen MR) is 49.9 cm³/mol. The molecule has 1 rings (SSSR count). The van der Waals surface area contributed by atoms with Crippen LogP contribution in [-0.4, -0.2) is 22.5 Å². The lowest BCUT2D eigenvalue weighted by Crippen LogP contribution is -2.34. The molecule has 4 nitrogen and oxygen atoms in total. The van der Waals surface area contributed by atoms with Gasteiger partial charge in [0.15, 0.2) is 0 Å². The maximum atomic E-state index is 10.9. The lowest BCUT2D eigenvalue weighted by atomic mass is 10.2. The molecule has 0 saturated heterocycles. The molecule has 1 aromatic rings. The molecule has 0 unspecified atom stereocenters. The predicted octanol–water partition coefficient (Wildman–Crippen LogP) is 0.982. The zero-order valence-electron chi connectivity index (χ0n) is 7.60. The minimum atomic E-state index is -0.390. The van der Waals surface area contributed by atoms with E-state index in [1.54, 1.807) is 17.3 Å². The van der Waals surface area contributed by atoms with Crippen LogP contribution in [0.3, 0.4) is 0 Å². The first kappa shape index (κ1) is 9.51. The quantitative estimate of drug-likeness (QED) is 0.752. The van der Waals surface area contributed by atoms with Gasteiger partial charge in [0.25, 0.3) is 0 Å². The fourth-order valence-corrected chi connectivity index (χ4v) is 1.05. The first-order chi connectivity index (χ1) is 6.24. The van der Waals surface area contributed by atoms with Crippen molar-refractivity contribution in [1.82, 2.24) is 9.88 Å². The SMILES string of the molecule is CCN(Cc1ccncc1)C(N)=O. The molecule has 2 amide bonds. The lowest BCUT2D eigenvalue weighted by Gasteiger charge is -2.17. The van der Waals surface area contributed by atoms with E-state index < -0.39 is 0 Å². The molecule has 0 bridgehead atoms. The number of primary amides is 1. The average molecular weight is 179 g/mol. The Morgan fingerprint density at radius 2 is 2.15 bits per heavy atom. The van der Waals surface area contributed by atoms with Crippen LogP contribution >= 0.6 is 0 Å². The van der Waals surface area contributed by atoms with Crippen molar-refractivity contribution in [2.45, 2.75) is 13.5 Å². The second-order valence-electron chi connectivity index (χ2n) is 2.71. The van der Waals surface area contributed by atoms with E-state index in [9.17, 15) is 4.79 Å². The third-order valence-corrected chi connectivity index (χ3v) is 1.82. The highest BCUT2D eigenvalue weighted by Crippen LogP contribution is 2.01. The molecule has 13 heavy (non-hydrogen) atoms. The summed E-state index contributed by atoms with van der Waals surface area (Å²) in [5, 5.41) is 0. The Morgan fingerprint density at radius 1 is 1.54 bits per heavy atom. The van der Waals surface area contributed by atoms with Gasteiger partial charge in [0.05, 0.1) is 0 Å². The molecule has 0 aliphatic heterocycles. The normalized spacial score (nSPS) is 9.62. The third kappa shape index (κ3) is 2.74. The van der Waals surface area contributed by atoms with Gasteiger partial charge in [0.2, 0.25) is 0 Å². The number of urea groups is 1. The summed E-state index contributed by atoms with van der Waals surface area (Å²) in [7, 11) is 0. The summed E-state index contributed by atoms with van der Waals surface area (Å²) in [6.07, 6.45) is 3.40. The molecule has 4 heteroatoms. The van der Waals surface area contributed by atoms with Crippen molar-refractivity contribution in [2.75, 3.05) is 6.54 Å². The van der Waals surface area contributed by atoms with E-state index in [0.29, 0.717) is 13.1 Å². The van der Waals surface area contributed by atoms with Crippen LogP contribution in [0.15, 0.2) is 24.5 Å². The summed E-state index contributed by atoms with van der Waals surface area (Å²) in [5.74, 6) is 0. The number of pyridine rings is 1. The van der Waals surface area contributed by atoms with E-state index in [1.165, 1.54) is 0 Å². The Labute approximate surface area is 77.4 Å². The van der Waals surface area contributed by atoms with Crippen molar-refractivity contribution in [3.8, 4) is 0 Å². The van der Waals surface area contributed by atoms with E-state index in [1.807, 2.05) is 19.1 Å². The van der Waals surface area contributed by atoms with Crippen molar-refractivity contribution in [2.24, 2.45) is 5.73 Å². The molecule has 2 N–H and O–H groups in total. The van der Waals surface area contributed by atoms with Crippen LogP contribution in [0, 0.1) is 0 Å². The van der Waals surface area contributed by atoms with E-state index in [2.05, 4.69) is 4.98 Å². The Morgan fingerprint density at radius 3 is 2.62 bits per heavy atom. The van der Waals surface area contributed by atoms with Gasteiger partial charge in [-0.1, -0.05) is 0 Å². The van der Waals surface area contributed by atoms with Crippen LogP contribution in [-0.2, 0) is 6.54 Å². The largest absolute Gasteiger partial charge is 0.351 e. The minimum Gasteiger partial charge on any atom is -0.351 e. The highest BCUT2D eigenvalue weighted by atomic mass is 16.2. The molecule has 0 radical (unpaired) electrons. The number of hydrogen-bond donors (Lipinski definition) is 1. The number of nitrogens with zero attached hydrogens (tertiary/aromatic N) is 2. The molecule has 70 valence electrons. The zero-order valence-corrected chi connectivity index (χ0v) is 7.60. The number of carbonyl (C=O) groups is 1. The monoisotopic (exact) mass is 179 g/mol. The molecule has 0 aromatic carbocycles. The molecule has 1 heterocycles. The van der Waals surface area contributed by atoms with Crippen LogP contribution in [0.5, 0.6) is 0 Å². The molecule has 1 aromatic heterocycles. The van der Waals surface area contributed by atoms with Crippen LogP contribution in [0.1, 0.15) is 12.5 Å². The maximum absolute atomic E-state index is 10.9. The molecule has 0 spiro atoms. The van der Waals surface area contributed by atoms with Crippen molar-refractivity contribution >= 4 is 6.03 Å². The van der Waals surface area contributed by atoms with E-state index in [0.717, 1.165) is 5.56 Å². The summed E-state index contributed by atoms with van der Waals surface area (Å²) in [4.78, 5) is 16.3. The number of carbonyl (C=O) groups excluding carboxylic acids is 1. The van der Waals surface area contributed by atoms with Gasteiger partial charge in [-0.2, -0.15) is 0 Å². The van der Waals surface area contributed by atoms with Crippen molar-refractivity contribution < 1.29 is 4.79 Å². The Hall–Kier alpha value is -1.58. The number of amides is 2. The van der Waals surface area contributed by atoms with Gasteiger partial charge >= 0.3 is 6.03 Å². The highest BCUT2D eigenvalue weighted by Gasteiger charge is 2.06. The maximum Gasteiger partial charge on any atom is 0.315 e. The molecule has 0 atom stereocenters. The second-order valence-corrected chi connectivity index (χ2v) is 2.71. The van der Waals surface area contributed by atoms with Gasteiger partial charge in [-0.05, 0) is 24.6 Å². The van der Waals surface area contributed by atoms with Crippen molar-refractivity contribution in [3.05, 3.63) is 30.1 Å². The van der Waals surface area contributed by atoms with Gasteiger partial charge in [-0.3, -0.25) is 4.98 Å². The van der Waals surface area contributed by atoms with Crippen molar-refractivity contribution in [3.63, 3.8) is 0 Å². The van der Waals surface area contributed by atoms with Crippen LogP contribution < -0.4 is 5.73 Å². The molecular formula is C9H13N3O. The van der Waals surface area contributed by atoms with Gasteiger partial charge in [0, 0.05) is 25.5 Å². The summed E-state index contributed by atoms with van der Waals surface area (Å²) < 4.78 is 0. The second kappa shape index (κ2) is 4.45. The first-order valence-electron chi connectivity index (χ1n) is 4.17. The summed E-state index contributed by atoms with van der Waals surface area (Å²) in [5.41, 5.74) is 6.20. The van der Waals surface area contributed by atoms with Crippen LogP contribution in [0.4, 0.5) is 4.79 Å². The molecule has 0 saturated carbocycles. The zero-order chi connectivity index (χ0) is 9.68. The fourth-order valence-electron chi connectivity index (χ4n) is 1.05. The summed E-state index contributed by atoms with van der Waals surface area (Å²) >= 11 is 0. The van der Waals surface area contributed by atoms with E-state index >= 15 is 0 Å². The number of nitrogens with two attached hydrogens (primary N) is 1. The van der Waals surface area contributed by atoms with Gasteiger partial charge < -0.3 is 10.6 Å². The third-order valence-electron chi connectivity index (χ3n) is 1.82.